The number of primary amides is 1. The molecule has 30 heteroatoms. The summed E-state index contributed by atoms with van der Waals surface area (Å²) < 4.78 is 16.7. The molecule has 6 heterocycles. The monoisotopic (exact) mass is 1120 g/mol. The lowest BCUT2D eigenvalue weighted by molar-refractivity contribution is -0.127. The number of hydrogen-bond donors (Lipinski definition) is 11. The number of carbonyl (C=O) groups is 10. The molecule has 12 N–H and O–H groups in total. The fraction of sp³-hybridized carbons (Fsp3) is 0.180. The minimum Gasteiger partial charge on any atom is -0.443 e. The first-order valence-electron chi connectivity index (χ1n) is 23.1. The van der Waals surface area contributed by atoms with E-state index in [1.807, 2.05) is 0 Å². The van der Waals surface area contributed by atoms with E-state index in [0.717, 1.165) is 23.9 Å². The van der Waals surface area contributed by atoms with Gasteiger partial charge >= 0.3 is 0 Å². The molecule has 5 aromatic heterocycles. The molecule has 1 aliphatic rings. The Labute approximate surface area is 456 Å². The molecule has 0 radical (unpaired) electrons. The smallest absolute Gasteiger partial charge is 0.278 e. The van der Waals surface area contributed by atoms with E-state index >= 15 is 0 Å². The molecule has 80 heavy (non-hydrogen) atoms. The molecule has 0 fully saturated rings. The molecule has 0 saturated carbocycles. The summed E-state index contributed by atoms with van der Waals surface area (Å²) in [4.78, 5) is 153. The number of carbonyl (C=O) groups excluding carboxylic acids is 10. The van der Waals surface area contributed by atoms with Gasteiger partial charge in [0.05, 0.1) is 46.0 Å². The zero-order valence-corrected chi connectivity index (χ0v) is 43.8. The van der Waals surface area contributed by atoms with Crippen molar-refractivity contribution >= 4 is 87.5 Å². The minimum atomic E-state index is -1.65. The summed E-state index contributed by atoms with van der Waals surface area (Å²) in [7, 11) is 0. The van der Waals surface area contributed by atoms with Crippen molar-refractivity contribution in [2.24, 2.45) is 11.7 Å². The normalized spacial score (nSPS) is 17.2. The maximum absolute atomic E-state index is 13.8. The second kappa shape index (κ2) is 24.5. The largest absolute Gasteiger partial charge is 0.443 e. The number of aromatic nitrogens is 5. The number of aliphatic hydroxyl groups is 1. The molecule has 29 nitrogen and oxygen atoms in total. The van der Waals surface area contributed by atoms with Crippen molar-refractivity contribution in [2.45, 2.75) is 52.8 Å². The van der Waals surface area contributed by atoms with Gasteiger partial charge in [0.1, 0.15) is 58.2 Å². The van der Waals surface area contributed by atoms with E-state index in [0.29, 0.717) is 0 Å². The van der Waals surface area contributed by atoms with Crippen LogP contribution >= 0.6 is 11.3 Å². The number of nitrogens with one attached hydrogen (secondary N) is 9. The van der Waals surface area contributed by atoms with Gasteiger partial charge in [0.25, 0.3) is 47.3 Å². The Bertz CT molecular complexity index is 3560. The second-order valence-corrected chi connectivity index (χ2v) is 18.1. The number of nitrogens with zero attached hydrogens (tertiary/aromatic N) is 5. The fourth-order valence-corrected chi connectivity index (χ4v) is 7.47. The molecule has 8 bridgehead atoms. The highest BCUT2D eigenvalue weighted by Gasteiger charge is 2.32. The SMILES string of the molecule is C=C(NC(=O)C(=C)NC(=O)c1ccc2c(n1)-c1coc(n1)C(=C)NC(=O)C(=C)NC(=O)c1nc(oc1C)C(=C)NC(=O)[C@H](C(C)C)NC(=O)C(=C)NC(=O)c1coc(n1)/C(=C/C)NC(=O)[C@H]([C@@H](C)O)NC(=O)c1csc-2n1)C(N)=O. The van der Waals surface area contributed by atoms with Crippen LogP contribution in [0, 0.1) is 12.8 Å². The number of oxazole rings is 3. The summed E-state index contributed by atoms with van der Waals surface area (Å²) >= 11 is 0.893. The Morgan fingerprint density at radius 3 is 1.94 bits per heavy atom. The Hall–Kier alpha value is -10.8. The van der Waals surface area contributed by atoms with Gasteiger partial charge in [-0.25, -0.2) is 24.9 Å². The molecule has 0 aliphatic carbocycles. The van der Waals surface area contributed by atoms with Crippen molar-refractivity contribution in [1.29, 1.82) is 0 Å². The van der Waals surface area contributed by atoms with Crippen LogP contribution in [-0.2, 0) is 28.8 Å². The van der Waals surface area contributed by atoms with Gasteiger partial charge in [-0.3, -0.25) is 47.9 Å². The topological polar surface area (TPSA) is 429 Å². The predicted octanol–water partition coefficient (Wildman–Crippen LogP) is 0.675. The third-order valence-corrected chi connectivity index (χ3v) is 11.8. The Morgan fingerprint density at radius 1 is 0.675 bits per heavy atom. The number of hydrogen-bond acceptors (Lipinski definition) is 20. The van der Waals surface area contributed by atoms with E-state index in [1.165, 1.54) is 44.4 Å². The van der Waals surface area contributed by atoms with Crippen LogP contribution in [0.5, 0.6) is 0 Å². The van der Waals surface area contributed by atoms with Crippen LogP contribution in [-0.4, -0.2) is 107 Å². The molecule has 10 amide bonds. The summed E-state index contributed by atoms with van der Waals surface area (Å²) in [5.41, 5.74) is 0.894. The average Bonchev–Trinajstić information content (AvgIpc) is 4.26. The average molecular weight is 1120 g/mol. The lowest BCUT2D eigenvalue weighted by atomic mass is 10.0. The summed E-state index contributed by atoms with van der Waals surface area (Å²) in [5, 5.41) is 33.1. The molecule has 5 aromatic rings. The number of rotatable bonds is 7. The third-order valence-electron chi connectivity index (χ3n) is 10.9. The number of allylic oxidation sites excluding steroid dienone is 1. The molecule has 0 saturated heterocycles. The zero-order chi connectivity index (χ0) is 59.0. The van der Waals surface area contributed by atoms with Crippen molar-refractivity contribution in [3.63, 3.8) is 0 Å². The van der Waals surface area contributed by atoms with Crippen molar-refractivity contribution in [2.75, 3.05) is 0 Å². The van der Waals surface area contributed by atoms with Gasteiger partial charge in [-0.05, 0) is 38.8 Å². The summed E-state index contributed by atoms with van der Waals surface area (Å²) in [5.74, 6) is -11.4. The number of pyridine rings is 1. The van der Waals surface area contributed by atoms with E-state index in [2.05, 4.69) is 112 Å². The van der Waals surface area contributed by atoms with E-state index in [9.17, 15) is 53.1 Å². The second-order valence-electron chi connectivity index (χ2n) is 17.2. The highest BCUT2D eigenvalue weighted by Crippen LogP contribution is 2.33. The standard InChI is InChI=1S/C50H49N15O14S/c1-12-28-49-61-31(16-78-49)42(72)54-22(7)40(70)63-33(18(2)3)44(74)57-24(9)48-65-35(26(11)79-48)46(76)55-21(6)39(69)56-23(8)47-60-30(15-77-47)36-27(50-62-32(17-80-50)43(73)64-34(25(10)66)45(75)59-28)13-14-29(58-36)41(71)53-20(5)38(68)52-19(4)37(51)67/h12-18,25,33-34,66H,4-9H2,1-3,10-11H3,(H2,51,67)(H,52,68)(H,53,71)(H,54,72)(H,55,76)(H,56,69)(H,57,74)(H,59,75)(H,63,70)(H,64,73)/b28-12-/t25-,33+,34+/m1/s1. The number of thiazole rings is 1. The van der Waals surface area contributed by atoms with Crippen LogP contribution in [0.25, 0.3) is 39.1 Å². The van der Waals surface area contributed by atoms with Gasteiger partial charge in [0.15, 0.2) is 11.4 Å². The first-order chi connectivity index (χ1) is 37.7. The number of fused-ring (bicyclic) bond motifs is 11. The van der Waals surface area contributed by atoms with Crippen LogP contribution in [0.15, 0.2) is 112 Å². The molecule has 0 spiro atoms. The molecule has 0 aromatic carbocycles. The van der Waals surface area contributed by atoms with Crippen molar-refractivity contribution in [1.82, 2.24) is 72.8 Å². The first kappa shape index (κ1) is 58.5. The van der Waals surface area contributed by atoms with Gasteiger partial charge in [0.2, 0.25) is 29.5 Å². The van der Waals surface area contributed by atoms with Gasteiger partial charge < -0.3 is 71.9 Å². The summed E-state index contributed by atoms with van der Waals surface area (Å²) in [6, 6.07) is -0.365. The summed E-state index contributed by atoms with van der Waals surface area (Å²) in [6.45, 7) is 28.8. The molecular formula is C50H49N15O14S. The van der Waals surface area contributed by atoms with Crippen LogP contribution in [0.4, 0.5) is 0 Å². The molecule has 6 rings (SSSR count). The van der Waals surface area contributed by atoms with Crippen LogP contribution in [0.1, 0.15) is 93.1 Å². The molecule has 414 valence electrons. The number of aliphatic hydroxyl groups excluding tert-OH is 1. The first-order valence-corrected chi connectivity index (χ1v) is 24.0. The Morgan fingerprint density at radius 2 is 1.27 bits per heavy atom. The minimum absolute atomic E-state index is 0.0697. The van der Waals surface area contributed by atoms with Gasteiger partial charge in [-0.1, -0.05) is 59.4 Å². The highest BCUT2D eigenvalue weighted by molar-refractivity contribution is 7.13. The maximum Gasteiger partial charge on any atom is 0.278 e. The zero-order valence-electron chi connectivity index (χ0n) is 43.0. The van der Waals surface area contributed by atoms with Crippen molar-refractivity contribution in [3.8, 4) is 22.0 Å². The lowest BCUT2D eigenvalue weighted by Gasteiger charge is -2.22. The molecule has 0 unspecified atom stereocenters. The number of amides is 10. The predicted molar refractivity (Wildman–Crippen MR) is 281 cm³/mol. The van der Waals surface area contributed by atoms with Crippen molar-refractivity contribution < 1.29 is 66.3 Å². The van der Waals surface area contributed by atoms with Gasteiger partial charge in [-0.2, -0.15) is 0 Å². The molecule has 3 atom stereocenters. The Kier molecular flexibility index (Phi) is 17.9. The van der Waals surface area contributed by atoms with Crippen LogP contribution in [0.2, 0.25) is 0 Å². The van der Waals surface area contributed by atoms with E-state index < -0.39 is 112 Å². The quantitative estimate of drug-likeness (QED) is 0.0998. The van der Waals surface area contributed by atoms with E-state index in [4.69, 9.17) is 19.0 Å². The number of aryl methyl sites for hydroxylation is 1. The third kappa shape index (κ3) is 13.6. The van der Waals surface area contributed by atoms with E-state index in [1.54, 1.807) is 13.8 Å². The molecule has 1 aliphatic heterocycles. The van der Waals surface area contributed by atoms with Gasteiger partial charge in [-0.15, -0.1) is 11.3 Å². The Balaban J connectivity index is 1.35. The molecular weight excluding hydrogens is 1070 g/mol. The lowest BCUT2D eigenvalue weighted by Crippen LogP contribution is -2.52. The van der Waals surface area contributed by atoms with E-state index in [-0.39, 0.29) is 79.6 Å². The highest BCUT2D eigenvalue weighted by atomic mass is 32.1. The van der Waals surface area contributed by atoms with Gasteiger partial charge in [0, 0.05) is 10.9 Å². The van der Waals surface area contributed by atoms with Crippen LogP contribution < -0.4 is 53.6 Å². The fourth-order valence-electron chi connectivity index (χ4n) is 6.65. The van der Waals surface area contributed by atoms with Crippen LogP contribution in [0.3, 0.4) is 0 Å². The van der Waals surface area contributed by atoms with Crippen molar-refractivity contribution in [3.05, 3.63) is 145 Å². The maximum atomic E-state index is 13.8. The number of nitrogens with two attached hydrogens (primary N) is 1. The summed E-state index contributed by atoms with van der Waals surface area (Å²) in [6.07, 6.45) is 1.77.